The summed E-state index contributed by atoms with van der Waals surface area (Å²) in [6.07, 6.45) is 0. The van der Waals surface area contributed by atoms with Gasteiger partial charge < -0.3 is 4.42 Å². The van der Waals surface area contributed by atoms with Gasteiger partial charge >= 0.3 is 0 Å². The van der Waals surface area contributed by atoms with Gasteiger partial charge in [0.25, 0.3) is 0 Å². The molecule has 1 aliphatic carbocycles. The second-order valence-corrected chi connectivity index (χ2v) is 11.9. The smallest absolute Gasteiger partial charge is 0.160 e. The van der Waals surface area contributed by atoms with Gasteiger partial charge in [-0.2, -0.15) is 0 Å². The van der Waals surface area contributed by atoms with Crippen LogP contribution in [0.4, 0.5) is 0 Å². The van der Waals surface area contributed by atoms with Crippen LogP contribution in [-0.4, -0.2) is 9.97 Å². The van der Waals surface area contributed by atoms with Crippen LogP contribution in [0.2, 0.25) is 0 Å². The highest BCUT2D eigenvalue weighted by molar-refractivity contribution is 6.09. The van der Waals surface area contributed by atoms with Crippen molar-refractivity contribution in [2.75, 3.05) is 0 Å². The molecule has 0 fully saturated rings. The molecule has 0 radical (unpaired) electrons. The van der Waals surface area contributed by atoms with Gasteiger partial charge in [-0.1, -0.05) is 127 Å². The summed E-state index contributed by atoms with van der Waals surface area (Å²) in [4.78, 5) is 10.3. The summed E-state index contributed by atoms with van der Waals surface area (Å²) in [5.41, 5.74) is 12.6. The molecule has 0 spiro atoms. The zero-order chi connectivity index (χ0) is 30.0. The molecule has 45 heavy (non-hydrogen) atoms. The molecule has 0 N–H and O–H groups in total. The van der Waals surface area contributed by atoms with Crippen LogP contribution in [0.25, 0.3) is 67.0 Å². The predicted molar refractivity (Wildman–Crippen MR) is 183 cm³/mol. The molecular weight excluding hydrogens is 548 g/mol. The molecule has 0 bridgehead atoms. The van der Waals surface area contributed by atoms with E-state index < -0.39 is 0 Å². The minimum Gasteiger partial charge on any atom is -0.455 e. The van der Waals surface area contributed by atoms with Crippen molar-refractivity contribution in [3.05, 3.63) is 168 Å². The molecule has 6 aromatic carbocycles. The maximum absolute atomic E-state index is 6.44. The van der Waals surface area contributed by atoms with Crippen LogP contribution in [0.3, 0.4) is 0 Å². The Kier molecular flexibility index (Phi) is 5.63. The maximum Gasteiger partial charge on any atom is 0.160 e. The van der Waals surface area contributed by atoms with Crippen molar-refractivity contribution in [1.82, 2.24) is 9.97 Å². The molecule has 2 heterocycles. The van der Waals surface area contributed by atoms with E-state index in [0.717, 1.165) is 50.0 Å². The van der Waals surface area contributed by atoms with Gasteiger partial charge in [0.1, 0.15) is 11.2 Å². The highest BCUT2D eigenvalue weighted by Crippen LogP contribution is 2.52. The van der Waals surface area contributed by atoms with Crippen molar-refractivity contribution in [3.8, 4) is 45.0 Å². The molecule has 0 atom stereocenters. The minimum atomic E-state index is -0.290. The third kappa shape index (κ3) is 3.91. The van der Waals surface area contributed by atoms with Crippen LogP contribution in [0.1, 0.15) is 23.6 Å². The summed E-state index contributed by atoms with van der Waals surface area (Å²) < 4.78 is 6.44. The molecule has 2 aromatic heterocycles. The summed E-state index contributed by atoms with van der Waals surface area (Å²) in [5, 5.41) is 2.18. The van der Waals surface area contributed by atoms with Gasteiger partial charge in [0.2, 0.25) is 0 Å². The number of benzene rings is 6. The van der Waals surface area contributed by atoms with E-state index in [2.05, 4.69) is 128 Å². The number of furan rings is 1. The van der Waals surface area contributed by atoms with Crippen LogP contribution >= 0.6 is 0 Å². The number of nitrogens with zero attached hydrogens (tertiary/aromatic N) is 2. The molecular formula is C42H28N2O. The van der Waals surface area contributed by atoms with E-state index >= 15 is 0 Å². The van der Waals surface area contributed by atoms with E-state index in [1.165, 1.54) is 27.8 Å². The Balaban J connectivity index is 1.25. The van der Waals surface area contributed by atoms with Gasteiger partial charge in [-0.05, 0) is 59.0 Å². The first-order valence-electron chi connectivity index (χ1n) is 15.3. The third-order valence-corrected chi connectivity index (χ3v) is 9.40. The van der Waals surface area contributed by atoms with Gasteiger partial charge in [0, 0.05) is 32.9 Å². The Morgan fingerprint density at radius 3 is 1.89 bits per heavy atom. The molecule has 0 amide bonds. The van der Waals surface area contributed by atoms with Crippen LogP contribution in [0, 0.1) is 0 Å². The van der Waals surface area contributed by atoms with E-state index in [1.807, 2.05) is 30.3 Å². The van der Waals surface area contributed by atoms with Crippen molar-refractivity contribution >= 4 is 21.9 Å². The number of hydrogen-bond acceptors (Lipinski definition) is 3. The monoisotopic (exact) mass is 576 g/mol. The van der Waals surface area contributed by atoms with E-state index in [-0.39, 0.29) is 5.41 Å². The van der Waals surface area contributed by atoms with Gasteiger partial charge in [0.15, 0.2) is 5.82 Å². The lowest BCUT2D eigenvalue weighted by Gasteiger charge is -2.28. The van der Waals surface area contributed by atoms with Crippen LogP contribution in [0.15, 0.2) is 156 Å². The number of para-hydroxylation sites is 2. The summed E-state index contributed by atoms with van der Waals surface area (Å²) >= 11 is 0. The fraction of sp³-hybridized carbons (Fsp3) is 0.0476. The first-order valence-corrected chi connectivity index (χ1v) is 15.3. The fourth-order valence-electron chi connectivity index (χ4n) is 7.15. The normalized spacial score (nSPS) is 13.2. The SMILES string of the molecule is CC1(c2cccc(-c3cc(-c4cccc5c4oc4ccccc45)nc(-c4ccccc4)n3)c2)c2ccccc2-c2ccccc21. The lowest BCUT2D eigenvalue weighted by atomic mass is 9.74. The van der Waals surface area contributed by atoms with Crippen molar-refractivity contribution in [2.45, 2.75) is 12.3 Å². The summed E-state index contributed by atoms with van der Waals surface area (Å²) in [6, 6.07) is 53.2. The molecule has 0 saturated heterocycles. The summed E-state index contributed by atoms with van der Waals surface area (Å²) in [5.74, 6) is 0.685. The Hall–Kier alpha value is -5.80. The quantitative estimate of drug-likeness (QED) is 0.209. The van der Waals surface area contributed by atoms with Gasteiger partial charge in [0.05, 0.1) is 11.4 Å². The average Bonchev–Trinajstić information content (AvgIpc) is 3.62. The molecule has 212 valence electrons. The van der Waals surface area contributed by atoms with Crippen LogP contribution in [-0.2, 0) is 5.41 Å². The number of aromatic nitrogens is 2. The number of fused-ring (bicyclic) bond motifs is 6. The number of rotatable bonds is 4. The highest BCUT2D eigenvalue weighted by atomic mass is 16.3. The molecule has 0 unspecified atom stereocenters. The van der Waals surface area contributed by atoms with Crippen molar-refractivity contribution in [1.29, 1.82) is 0 Å². The lowest BCUT2D eigenvalue weighted by molar-refractivity contribution is 0.670. The average molecular weight is 577 g/mol. The molecule has 0 saturated carbocycles. The van der Waals surface area contributed by atoms with Crippen LogP contribution in [0.5, 0.6) is 0 Å². The first-order chi connectivity index (χ1) is 22.2. The van der Waals surface area contributed by atoms with Crippen molar-refractivity contribution in [3.63, 3.8) is 0 Å². The predicted octanol–water partition coefficient (Wildman–Crippen LogP) is 10.7. The van der Waals surface area contributed by atoms with Crippen LogP contribution < -0.4 is 0 Å². The lowest BCUT2D eigenvalue weighted by Crippen LogP contribution is -2.22. The fourth-order valence-corrected chi connectivity index (χ4v) is 7.15. The summed E-state index contributed by atoms with van der Waals surface area (Å²) in [7, 11) is 0. The van der Waals surface area contributed by atoms with Gasteiger partial charge in [-0.15, -0.1) is 0 Å². The molecule has 3 nitrogen and oxygen atoms in total. The van der Waals surface area contributed by atoms with E-state index in [1.54, 1.807) is 0 Å². The van der Waals surface area contributed by atoms with Crippen molar-refractivity contribution < 1.29 is 4.42 Å². The molecule has 3 heteroatoms. The Labute approximate surface area is 261 Å². The zero-order valence-corrected chi connectivity index (χ0v) is 24.7. The number of hydrogen-bond donors (Lipinski definition) is 0. The minimum absolute atomic E-state index is 0.290. The zero-order valence-electron chi connectivity index (χ0n) is 24.7. The molecule has 8 aromatic rings. The van der Waals surface area contributed by atoms with Crippen molar-refractivity contribution in [2.24, 2.45) is 0 Å². The Morgan fingerprint density at radius 1 is 0.489 bits per heavy atom. The van der Waals surface area contributed by atoms with E-state index in [9.17, 15) is 0 Å². The highest BCUT2D eigenvalue weighted by Gasteiger charge is 2.40. The second kappa shape index (κ2) is 9.87. The van der Waals surface area contributed by atoms with E-state index in [0.29, 0.717) is 5.82 Å². The van der Waals surface area contributed by atoms with Gasteiger partial charge in [-0.3, -0.25) is 0 Å². The molecule has 9 rings (SSSR count). The topological polar surface area (TPSA) is 38.9 Å². The Bertz CT molecular complexity index is 2360. The van der Waals surface area contributed by atoms with E-state index in [4.69, 9.17) is 14.4 Å². The first kappa shape index (κ1) is 25.7. The Morgan fingerprint density at radius 2 is 1.09 bits per heavy atom. The van der Waals surface area contributed by atoms with Gasteiger partial charge in [-0.25, -0.2) is 9.97 Å². The third-order valence-electron chi connectivity index (χ3n) is 9.40. The summed E-state index contributed by atoms with van der Waals surface area (Å²) in [6.45, 7) is 2.35. The molecule has 1 aliphatic rings. The largest absolute Gasteiger partial charge is 0.455 e. The second-order valence-electron chi connectivity index (χ2n) is 11.9. The standard InChI is InChI=1S/C42H28N2O/c1-42(35-22-8-5-17-30(35)31-18-6-9-23-36(31)42)29-16-11-15-28(25-29)37-26-38(44-41(43-37)27-13-3-2-4-14-27)34-21-12-20-33-32-19-7-10-24-39(32)45-40(33)34/h2-26H,1H3. The molecule has 0 aliphatic heterocycles. The maximum atomic E-state index is 6.44.